The van der Waals surface area contributed by atoms with Crippen LogP contribution in [0, 0.1) is 6.92 Å². The molecular weight excluding hydrogens is 406 g/mol. The van der Waals surface area contributed by atoms with Gasteiger partial charge in [-0.1, -0.05) is 6.07 Å². The molecule has 1 aromatic heterocycles. The van der Waals surface area contributed by atoms with Crippen LogP contribution in [0.15, 0.2) is 30.6 Å². The third kappa shape index (κ3) is 6.79. The van der Waals surface area contributed by atoms with Crippen molar-refractivity contribution in [2.24, 2.45) is 0 Å². The van der Waals surface area contributed by atoms with Gasteiger partial charge >= 0.3 is 0 Å². The topological polar surface area (TPSA) is 74.2 Å². The molecule has 32 heavy (non-hydrogen) atoms. The summed E-state index contributed by atoms with van der Waals surface area (Å²) in [7, 11) is 7.82. The zero-order valence-electron chi connectivity index (χ0n) is 20.0. The molecule has 0 aliphatic carbocycles. The average Bonchev–Trinajstić information content (AvgIpc) is 3.13. The Labute approximate surface area is 191 Å². The minimum Gasteiger partial charge on any atom is -0.493 e. The van der Waals surface area contributed by atoms with Gasteiger partial charge in [0.05, 0.1) is 19.3 Å². The molecule has 1 atom stereocenters. The molecule has 8 nitrogen and oxygen atoms in total. The maximum Gasteiger partial charge on any atom is 0.161 e. The smallest absolute Gasteiger partial charge is 0.161 e. The van der Waals surface area contributed by atoms with E-state index in [0.717, 1.165) is 48.1 Å². The summed E-state index contributed by atoms with van der Waals surface area (Å²) in [5, 5.41) is 11.2. The van der Waals surface area contributed by atoms with Crippen molar-refractivity contribution < 1.29 is 14.6 Å². The molecule has 1 aliphatic rings. The van der Waals surface area contributed by atoms with E-state index in [4.69, 9.17) is 9.47 Å². The second-order valence-electron chi connectivity index (χ2n) is 9.08. The number of nitrogens with zero attached hydrogens (tertiary/aromatic N) is 5. The number of hydrogen-bond donors (Lipinski definition) is 1. The fourth-order valence-corrected chi connectivity index (χ4v) is 4.16. The highest BCUT2D eigenvalue weighted by molar-refractivity contribution is 5.43. The van der Waals surface area contributed by atoms with E-state index in [2.05, 4.69) is 44.8 Å². The van der Waals surface area contributed by atoms with E-state index in [-0.39, 0.29) is 0 Å². The highest BCUT2D eigenvalue weighted by atomic mass is 16.5. The number of methoxy groups -OCH3 is 1. The number of aliphatic hydroxyl groups is 1. The van der Waals surface area contributed by atoms with E-state index in [1.165, 1.54) is 0 Å². The van der Waals surface area contributed by atoms with Gasteiger partial charge in [0, 0.05) is 44.5 Å². The molecule has 0 radical (unpaired) electrons. The fraction of sp³-hybridized carbons (Fsp3) is 0.583. The molecule has 1 fully saturated rings. The molecule has 0 bridgehead atoms. The normalized spacial score (nSPS) is 18.6. The van der Waals surface area contributed by atoms with Crippen molar-refractivity contribution in [3.63, 3.8) is 0 Å². The number of β-amino-alcohol motifs (C(OH)–C–C–N with tert-alkyl or cyclic N) is 1. The van der Waals surface area contributed by atoms with Gasteiger partial charge in [-0.2, -0.15) is 0 Å². The predicted octanol–water partition coefficient (Wildman–Crippen LogP) is 2.20. The summed E-state index contributed by atoms with van der Waals surface area (Å²) >= 11 is 0. The summed E-state index contributed by atoms with van der Waals surface area (Å²) in [6, 6.07) is 8.02. The number of likely N-dealkylation sites (N-methyl/N-ethyl adjacent to an activating group) is 1. The molecule has 8 heteroatoms. The van der Waals surface area contributed by atoms with E-state index >= 15 is 0 Å². The van der Waals surface area contributed by atoms with Crippen molar-refractivity contribution in [1.29, 1.82) is 0 Å². The van der Waals surface area contributed by atoms with Crippen LogP contribution < -0.4 is 14.4 Å². The van der Waals surface area contributed by atoms with Crippen LogP contribution in [0.4, 0.5) is 5.82 Å². The third-order valence-corrected chi connectivity index (χ3v) is 5.70. The van der Waals surface area contributed by atoms with E-state index in [9.17, 15) is 5.11 Å². The van der Waals surface area contributed by atoms with Crippen LogP contribution in [0.3, 0.4) is 0 Å². The van der Waals surface area contributed by atoms with Gasteiger partial charge in [0.2, 0.25) is 0 Å². The van der Waals surface area contributed by atoms with E-state index < -0.39 is 5.60 Å². The molecule has 1 unspecified atom stereocenters. The number of hydrogen-bond acceptors (Lipinski definition) is 8. The van der Waals surface area contributed by atoms with Crippen molar-refractivity contribution in [3.8, 4) is 11.5 Å². The van der Waals surface area contributed by atoms with E-state index in [1.54, 1.807) is 13.4 Å². The predicted molar refractivity (Wildman–Crippen MR) is 127 cm³/mol. The molecule has 1 saturated heterocycles. The van der Waals surface area contributed by atoms with Crippen LogP contribution in [0.25, 0.3) is 0 Å². The number of aromatic nitrogens is 2. The van der Waals surface area contributed by atoms with Crippen LogP contribution in [0.5, 0.6) is 11.5 Å². The minimum atomic E-state index is -0.771. The Balaban J connectivity index is 1.54. The lowest BCUT2D eigenvalue weighted by molar-refractivity contribution is 0.0279. The standard InChI is InChI=1S/C24H37N5O3/c1-19-13-23(26-18-25-19)29-11-9-24(30,17-29)16-28(4)15-20-7-8-21(22(14-20)31-5)32-12-6-10-27(2)3/h7-8,13-14,18,30H,6,9-12,15-17H2,1-5H3. The number of anilines is 1. The van der Waals surface area contributed by atoms with E-state index in [0.29, 0.717) is 32.7 Å². The van der Waals surface area contributed by atoms with Crippen LogP contribution in [-0.2, 0) is 6.54 Å². The summed E-state index contributed by atoms with van der Waals surface area (Å²) in [6.45, 7) is 6.25. The minimum absolute atomic E-state index is 0.566. The molecular formula is C24H37N5O3. The van der Waals surface area contributed by atoms with Crippen molar-refractivity contribution in [3.05, 3.63) is 41.9 Å². The van der Waals surface area contributed by atoms with Crippen molar-refractivity contribution in [2.75, 3.05) is 65.9 Å². The van der Waals surface area contributed by atoms with Crippen LogP contribution in [0.2, 0.25) is 0 Å². The summed E-state index contributed by atoms with van der Waals surface area (Å²) in [5.74, 6) is 2.38. The molecule has 1 aliphatic heterocycles. The Hall–Kier alpha value is -2.42. The first-order chi connectivity index (χ1) is 15.3. The maximum absolute atomic E-state index is 11.2. The number of benzene rings is 1. The number of ether oxygens (including phenoxy) is 2. The van der Waals surface area contributed by atoms with Crippen LogP contribution >= 0.6 is 0 Å². The molecule has 2 aromatic rings. The van der Waals surface area contributed by atoms with Gasteiger partial charge in [-0.05, 0) is 58.6 Å². The zero-order chi connectivity index (χ0) is 23.1. The Morgan fingerprint density at radius 1 is 1.16 bits per heavy atom. The highest BCUT2D eigenvalue weighted by Gasteiger charge is 2.37. The van der Waals surface area contributed by atoms with Gasteiger partial charge in [0.15, 0.2) is 11.5 Å². The SMILES string of the molecule is COc1cc(CN(C)CC2(O)CCN(c3cc(C)ncn3)C2)ccc1OCCCN(C)C. The lowest BCUT2D eigenvalue weighted by Gasteiger charge is -2.29. The highest BCUT2D eigenvalue weighted by Crippen LogP contribution is 2.30. The Morgan fingerprint density at radius 3 is 2.69 bits per heavy atom. The zero-order valence-corrected chi connectivity index (χ0v) is 20.0. The van der Waals surface area contributed by atoms with Crippen LogP contribution in [0.1, 0.15) is 24.1 Å². The summed E-state index contributed by atoms with van der Waals surface area (Å²) in [5.41, 5.74) is 1.28. The first-order valence-corrected chi connectivity index (χ1v) is 11.2. The second-order valence-corrected chi connectivity index (χ2v) is 9.08. The first kappa shape index (κ1) is 24.2. The Kier molecular flexibility index (Phi) is 8.28. The van der Waals surface area contributed by atoms with Crippen molar-refractivity contribution in [1.82, 2.24) is 19.8 Å². The summed E-state index contributed by atoms with van der Waals surface area (Å²) < 4.78 is 11.5. The maximum atomic E-state index is 11.2. The largest absolute Gasteiger partial charge is 0.493 e. The summed E-state index contributed by atoms with van der Waals surface area (Å²) in [6.07, 6.45) is 3.26. The molecule has 0 spiro atoms. The molecule has 0 saturated carbocycles. The van der Waals surface area contributed by atoms with Crippen molar-refractivity contribution >= 4 is 5.82 Å². The van der Waals surface area contributed by atoms with Gasteiger partial charge in [0.1, 0.15) is 12.1 Å². The molecule has 3 rings (SSSR count). The average molecular weight is 444 g/mol. The quantitative estimate of drug-likeness (QED) is 0.530. The fourth-order valence-electron chi connectivity index (χ4n) is 4.16. The summed E-state index contributed by atoms with van der Waals surface area (Å²) in [4.78, 5) is 15.0. The Morgan fingerprint density at radius 2 is 1.97 bits per heavy atom. The van der Waals surface area contributed by atoms with Gasteiger partial charge in [-0.25, -0.2) is 9.97 Å². The number of aryl methyl sites for hydroxylation is 1. The molecule has 176 valence electrons. The molecule has 0 amide bonds. The monoisotopic (exact) mass is 443 g/mol. The second kappa shape index (κ2) is 10.9. The number of rotatable bonds is 11. The molecule has 1 aromatic carbocycles. The van der Waals surface area contributed by atoms with Gasteiger partial charge in [-0.15, -0.1) is 0 Å². The molecule has 1 N–H and O–H groups in total. The Bertz CT molecular complexity index is 878. The lowest BCUT2D eigenvalue weighted by atomic mass is 10.0. The van der Waals surface area contributed by atoms with Gasteiger partial charge in [0.25, 0.3) is 0 Å². The lowest BCUT2D eigenvalue weighted by Crippen LogP contribution is -2.43. The van der Waals surface area contributed by atoms with Gasteiger partial charge in [-0.3, -0.25) is 4.90 Å². The van der Waals surface area contributed by atoms with Crippen LogP contribution in [-0.4, -0.2) is 91.5 Å². The van der Waals surface area contributed by atoms with Crippen molar-refractivity contribution in [2.45, 2.75) is 31.9 Å². The van der Waals surface area contributed by atoms with E-state index in [1.807, 2.05) is 32.2 Å². The molecule has 2 heterocycles. The third-order valence-electron chi connectivity index (χ3n) is 5.70. The first-order valence-electron chi connectivity index (χ1n) is 11.2. The van der Waals surface area contributed by atoms with Gasteiger partial charge < -0.3 is 24.4 Å².